The van der Waals surface area contributed by atoms with Crippen LogP contribution in [0.2, 0.25) is 15.1 Å². The highest BCUT2D eigenvalue weighted by Gasteiger charge is 2.31. The number of carbonyl (C=O) groups is 1. The van der Waals surface area contributed by atoms with Crippen LogP contribution in [0.4, 0.5) is 0 Å². The monoisotopic (exact) mass is 620 g/mol. The zero-order chi connectivity index (χ0) is 29.8. The number of rotatable bonds is 8. The second-order valence-electron chi connectivity index (χ2n) is 9.39. The zero-order valence-corrected chi connectivity index (χ0v) is 24.5. The average Bonchev–Trinajstić information content (AvgIpc) is 2.95. The van der Waals surface area contributed by atoms with Crippen LogP contribution in [0.1, 0.15) is 28.2 Å². The Kier molecular flexibility index (Phi) is 8.79. The fraction of sp³-hybridized carbons (Fsp3) is 0.125. The number of fused-ring (bicyclic) bond motifs is 1. The van der Waals surface area contributed by atoms with Crippen LogP contribution in [0, 0.1) is 18.3 Å². The fourth-order valence-corrected chi connectivity index (χ4v) is 5.19. The maximum absolute atomic E-state index is 12.5. The molecule has 4 aromatic rings. The van der Waals surface area contributed by atoms with E-state index >= 15 is 0 Å². The van der Waals surface area contributed by atoms with Crippen molar-refractivity contribution in [2.24, 2.45) is 5.73 Å². The molecular formula is C32H23Cl3N2O5. The Morgan fingerprint density at radius 3 is 2.50 bits per heavy atom. The van der Waals surface area contributed by atoms with E-state index < -0.39 is 11.9 Å². The lowest BCUT2D eigenvalue weighted by atomic mass is 9.83. The molecule has 0 bridgehead atoms. The van der Waals surface area contributed by atoms with Crippen LogP contribution in [0.5, 0.6) is 23.0 Å². The van der Waals surface area contributed by atoms with Crippen molar-refractivity contribution in [1.29, 1.82) is 5.26 Å². The first-order chi connectivity index (χ1) is 20.2. The topological polar surface area (TPSA) is 104 Å². The SMILES string of the molecule is Cc1cc(Cl)ccc1OCC(=O)Oc1ccc2c(c1)OC(N)=C(C#N)C2c1cccc(OCc2ccc(Cl)cc2Cl)c1. The van der Waals surface area contributed by atoms with E-state index in [1.165, 1.54) is 0 Å². The molecule has 0 amide bonds. The molecule has 4 aromatic carbocycles. The maximum atomic E-state index is 12.5. The van der Waals surface area contributed by atoms with Crippen LogP contribution < -0.4 is 24.7 Å². The van der Waals surface area contributed by atoms with Crippen molar-refractivity contribution in [2.75, 3.05) is 6.61 Å². The summed E-state index contributed by atoms with van der Waals surface area (Å²) in [5.74, 6) is 0.501. The van der Waals surface area contributed by atoms with Gasteiger partial charge in [0, 0.05) is 32.3 Å². The van der Waals surface area contributed by atoms with E-state index in [2.05, 4.69) is 6.07 Å². The molecule has 0 aromatic heterocycles. The number of allylic oxidation sites excluding steroid dienone is 1. The van der Waals surface area contributed by atoms with E-state index in [9.17, 15) is 10.1 Å². The van der Waals surface area contributed by atoms with Gasteiger partial charge in [0.05, 0.1) is 5.92 Å². The molecule has 42 heavy (non-hydrogen) atoms. The minimum atomic E-state index is -0.608. The van der Waals surface area contributed by atoms with E-state index in [1.54, 1.807) is 54.6 Å². The molecule has 7 nitrogen and oxygen atoms in total. The molecule has 1 aliphatic rings. The fourth-order valence-electron chi connectivity index (χ4n) is 4.50. The summed E-state index contributed by atoms with van der Waals surface area (Å²) in [4.78, 5) is 12.5. The van der Waals surface area contributed by atoms with Gasteiger partial charge in [-0.2, -0.15) is 5.26 Å². The standard InChI is InChI=1S/C32H23Cl3N2O5/c1-18-11-21(33)7-10-28(18)40-17-30(38)41-24-8-9-25-29(14-24)42-32(37)26(15-36)31(25)19-3-2-4-23(12-19)39-16-20-5-6-22(34)13-27(20)35/h2-14,31H,16-17,37H2,1H3. The molecule has 1 atom stereocenters. The molecule has 0 spiro atoms. The second kappa shape index (κ2) is 12.7. The summed E-state index contributed by atoms with van der Waals surface area (Å²) < 4.78 is 22.8. The lowest BCUT2D eigenvalue weighted by Gasteiger charge is -2.27. The number of benzene rings is 4. The first-order valence-corrected chi connectivity index (χ1v) is 13.8. The van der Waals surface area contributed by atoms with Crippen molar-refractivity contribution in [2.45, 2.75) is 19.4 Å². The van der Waals surface area contributed by atoms with Crippen LogP contribution in [-0.4, -0.2) is 12.6 Å². The molecule has 10 heteroatoms. The Bertz CT molecular complexity index is 1750. The van der Waals surface area contributed by atoms with Crippen LogP contribution in [0.25, 0.3) is 0 Å². The molecule has 5 rings (SSSR count). The average molecular weight is 622 g/mol. The number of nitriles is 1. The molecule has 0 fully saturated rings. The zero-order valence-electron chi connectivity index (χ0n) is 22.2. The van der Waals surface area contributed by atoms with Crippen molar-refractivity contribution in [3.8, 4) is 29.1 Å². The van der Waals surface area contributed by atoms with Gasteiger partial charge in [-0.1, -0.05) is 59.1 Å². The van der Waals surface area contributed by atoms with Gasteiger partial charge in [-0.15, -0.1) is 0 Å². The summed E-state index contributed by atoms with van der Waals surface area (Å²) in [5.41, 5.74) is 9.41. The minimum absolute atomic E-state index is 0.0423. The van der Waals surface area contributed by atoms with Crippen molar-refractivity contribution in [1.82, 2.24) is 0 Å². The Labute approximate surface area is 257 Å². The van der Waals surface area contributed by atoms with E-state index in [4.69, 9.17) is 59.5 Å². The summed E-state index contributed by atoms with van der Waals surface area (Å²) in [6.07, 6.45) is 0. The van der Waals surface area contributed by atoms with Gasteiger partial charge in [-0.3, -0.25) is 0 Å². The molecule has 2 N–H and O–H groups in total. The number of hydrogen-bond donors (Lipinski definition) is 1. The number of carbonyl (C=O) groups excluding carboxylic acids is 1. The molecule has 0 saturated carbocycles. The third kappa shape index (κ3) is 6.58. The summed E-state index contributed by atoms with van der Waals surface area (Å²) >= 11 is 18.2. The lowest BCUT2D eigenvalue weighted by molar-refractivity contribution is -0.136. The molecule has 212 valence electrons. The second-order valence-corrected chi connectivity index (χ2v) is 10.7. The molecule has 0 radical (unpaired) electrons. The predicted octanol–water partition coefficient (Wildman–Crippen LogP) is 7.74. The predicted molar refractivity (Wildman–Crippen MR) is 160 cm³/mol. The van der Waals surface area contributed by atoms with Crippen LogP contribution in [0.15, 0.2) is 90.3 Å². The summed E-state index contributed by atoms with van der Waals surface area (Å²) in [6.45, 7) is 1.74. The molecule has 0 saturated heterocycles. The number of esters is 1. The summed E-state index contributed by atoms with van der Waals surface area (Å²) in [6, 6.07) is 24.7. The molecule has 1 unspecified atom stereocenters. The molecule has 1 heterocycles. The van der Waals surface area contributed by atoms with Gasteiger partial charge in [0.25, 0.3) is 0 Å². The van der Waals surface area contributed by atoms with Gasteiger partial charge >= 0.3 is 5.97 Å². The van der Waals surface area contributed by atoms with Gasteiger partial charge in [0.15, 0.2) is 6.61 Å². The Morgan fingerprint density at radius 2 is 1.74 bits per heavy atom. The van der Waals surface area contributed by atoms with Crippen LogP contribution >= 0.6 is 34.8 Å². The highest BCUT2D eigenvalue weighted by Crippen LogP contribution is 2.44. The quantitative estimate of drug-likeness (QED) is 0.159. The normalized spacial score (nSPS) is 13.9. The summed E-state index contributed by atoms with van der Waals surface area (Å²) in [5, 5.41) is 11.6. The maximum Gasteiger partial charge on any atom is 0.349 e. The van der Waals surface area contributed by atoms with Gasteiger partial charge < -0.3 is 24.7 Å². The van der Waals surface area contributed by atoms with E-state index in [0.717, 1.165) is 16.7 Å². The van der Waals surface area contributed by atoms with Gasteiger partial charge in [-0.25, -0.2) is 4.79 Å². The Balaban J connectivity index is 1.34. The highest BCUT2D eigenvalue weighted by atomic mass is 35.5. The van der Waals surface area contributed by atoms with Crippen molar-refractivity contribution >= 4 is 40.8 Å². The van der Waals surface area contributed by atoms with E-state index in [0.29, 0.717) is 37.9 Å². The number of ether oxygens (including phenoxy) is 4. The Morgan fingerprint density at radius 1 is 0.952 bits per heavy atom. The van der Waals surface area contributed by atoms with Gasteiger partial charge in [0.2, 0.25) is 5.88 Å². The van der Waals surface area contributed by atoms with E-state index in [1.807, 2.05) is 31.2 Å². The van der Waals surface area contributed by atoms with Crippen molar-refractivity contribution in [3.63, 3.8) is 0 Å². The highest BCUT2D eigenvalue weighted by molar-refractivity contribution is 6.35. The first kappa shape index (κ1) is 29.2. The number of nitrogens with zero attached hydrogens (tertiary/aromatic N) is 1. The number of hydrogen-bond acceptors (Lipinski definition) is 7. The van der Waals surface area contributed by atoms with Crippen molar-refractivity contribution < 1.29 is 23.7 Å². The number of nitrogens with two attached hydrogens (primary N) is 1. The summed E-state index contributed by atoms with van der Waals surface area (Å²) in [7, 11) is 0. The van der Waals surface area contributed by atoms with Crippen molar-refractivity contribution in [3.05, 3.63) is 128 Å². The molecule has 0 aliphatic carbocycles. The number of halogens is 3. The third-order valence-corrected chi connectivity index (χ3v) is 7.33. The van der Waals surface area contributed by atoms with Gasteiger partial charge in [-0.05, 0) is 66.6 Å². The molecular weight excluding hydrogens is 599 g/mol. The smallest absolute Gasteiger partial charge is 0.349 e. The van der Waals surface area contributed by atoms with Crippen LogP contribution in [0.3, 0.4) is 0 Å². The van der Waals surface area contributed by atoms with Crippen LogP contribution in [-0.2, 0) is 11.4 Å². The molecule has 1 aliphatic heterocycles. The van der Waals surface area contributed by atoms with Gasteiger partial charge in [0.1, 0.15) is 41.2 Å². The Hall–Kier alpha value is -4.35. The third-order valence-electron chi connectivity index (χ3n) is 6.51. The first-order valence-electron chi connectivity index (χ1n) is 12.7. The van der Waals surface area contributed by atoms with E-state index in [-0.39, 0.29) is 30.4 Å². The largest absolute Gasteiger partial charge is 0.489 e. The lowest BCUT2D eigenvalue weighted by Crippen LogP contribution is -2.22. The number of aryl methyl sites for hydroxylation is 1. The minimum Gasteiger partial charge on any atom is -0.489 e.